The summed E-state index contributed by atoms with van der Waals surface area (Å²) < 4.78 is 13.1. The Morgan fingerprint density at radius 1 is 0.966 bits per heavy atom. The van der Waals surface area contributed by atoms with Crippen LogP contribution >= 0.6 is 0 Å². The van der Waals surface area contributed by atoms with E-state index in [0.717, 1.165) is 47.8 Å². The van der Waals surface area contributed by atoms with E-state index in [-0.39, 0.29) is 23.3 Å². The average molecular weight is 389 g/mol. The summed E-state index contributed by atoms with van der Waals surface area (Å²) in [5.74, 6) is -0.203. The van der Waals surface area contributed by atoms with Crippen molar-refractivity contribution >= 4 is 22.3 Å². The molecule has 0 bridgehead atoms. The van der Waals surface area contributed by atoms with E-state index in [0.29, 0.717) is 12.1 Å². The second kappa shape index (κ2) is 8.26. The van der Waals surface area contributed by atoms with Gasteiger partial charge in [0.1, 0.15) is 5.82 Å². The Morgan fingerprint density at radius 3 is 2.24 bits per heavy atom. The zero-order valence-corrected chi connectivity index (χ0v) is 16.5. The molecule has 1 heterocycles. The van der Waals surface area contributed by atoms with E-state index >= 15 is 0 Å². The average Bonchev–Trinajstić information content (AvgIpc) is 2.74. The van der Waals surface area contributed by atoms with Gasteiger partial charge in [-0.15, -0.1) is 0 Å². The van der Waals surface area contributed by atoms with Crippen molar-refractivity contribution < 1.29 is 14.0 Å². The number of rotatable bonds is 5. The molecular formula is C25H24FNO2. The minimum absolute atomic E-state index is 0.0609. The highest BCUT2D eigenvalue weighted by Gasteiger charge is 2.27. The molecule has 0 N–H and O–H groups in total. The zero-order chi connectivity index (χ0) is 20.4. The Balaban J connectivity index is 1.38. The molecule has 29 heavy (non-hydrogen) atoms. The van der Waals surface area contributed by atoms with Crippen molar-refractivity contribution in [1.29, 1.82) is 0 Å². The fourth-order valence-electron chi connectivity index (χ4n) is 4.15. The fourth-order valence-corrected chi connectivity index (χ4v) is 4.15. The van der Waals surface area contributed by atoms with Gasteiger partial charge >= 0.3 is 0 Å². The van der Waals surface area contributed by atoms with E-state index in [1.165, 1.54) is 12.1 Å². The summed E-state index contributed by atoms with van der Waals surface area (Å²) in [4.78, 5) is 27.7. The van der Waals surface area contributed by atoms with Crippen LogP contribution in [0.3, 0.4) is 0 Å². The largest absolute Gasteiger partial charge is 0.296 e. The molecule has 0 aliphatic carbocycles. The Morgan fingerprint density at radius 2 is 1.59 bits per heavy atom. The van der Waals surface area contributed by atoms with E-state index in [2.05, 4.69) is 17.0 Å². The highest BCUT2D eigenvalue weighted by molar-refractivity contribution is 6.02. The van der Waals surface area contributed by atoms with Gasteiger partial charge in [-0.1, -0.05) is 30.3 Å². The molecule has 1 aliphatic heterocycles. The monoisotopic (exact) mass is 389 g/mol. The second-order valence-corrected chi connectivity index (χ2v) is 7.86. The van der Waals surface area contributed by atoms with Gasteiger partial charge in [0.15, 0.2) is 11.6 Å². The van der Waals surface area contributed by atoms with Crippen LogP contribution in [0, 0.1) is 18.7 Å². The Bertz CT molecular complexity index is 1050. The highest BCUT2D eigenvalue weighted by Crippen LogP contribution is 2.24. The molecule has 4 rings (SSSR count). The van der Waals surface area contributed by atoms with Crippen molar-refractivity contribution in [1.82, 2.24) is 4.90 Å². The van der Waals surface area contributed by atoms with Gasteiger partial charge in [0, 0.05) is 17.0 Å². The number of hydrogen-bond donors (Lipinski definition) is 0. The lowest BCUT2D eigenvalue weighted by atomic mass is 9.88. The van der Waals surface area contributed by atoms with Gasteiger partial charge < -0.3 is 0 Å². The van der Waals surface area contributed by atoms with Crippen LogP contribution in [-0.2, 0) is 0 Å². The van der Waals surface area contributed by atoms with E-state index in [4.69, 9.17) is 0 Å². The van der Waals surface area contributed by atoms with Gasteiger partial charge in [0.05, 0.1) is 6.54 Å². The SMILES string of the molecule is Cc1cc2ccccc2cc1C(=O)CN1CCC(C(=O)c2ccc(F)cc2)CC1. The first-order valence-corrected chi connectivity index (χ1v) is 10.1. The molecule has 0 radical (unpaired) electrons. The summed E-state index contributed by atoms with van der Waals surface area (Å²) >= 11 is 0. The van der Waals surface area contributed by atoms with Gasteiger partial charge in [-0.05, 0) is 79.5 Å². The number of nitrogens with zero attached hydrogens (tertiary/aromatic N) is 1. The summed E-state index contributed by atoms with van der Waals surface area (Å²) in [5.41, 5.74) is 2.33. The Hall–Kier alpha value is -2.85. The first kappa shape index (κ1) is 19.5. The minimum atomic E-state index is -0.334. The van der Waals surface area contributed by atoms with Gasteiger partial charge in [-0.25, -0.2) is 4.39 Å². The molecule has 3 aromatic carbocycles. The maximum atomic E-state index is 13.1. The maximum Gasteiger partial charge on any atom is 0.177 e. The van der Waals surface area contributed by atoms with Crippen molar-refractivity contribution in [2.45, 2.75) is 19.8 Å². The van der Waals surface area contributed by atoms with E-state index in [1.807, 2.05) is 31.2 Å². The number of Topliss-reactive ketones (excluding diaryl/α,β-unsaturated/α-hetero) is 2. The molecule has 4 heteroatoms. The third kappa shape index (κ3) is 4.28. The number of likely N-dealkylation sites (tertiary alicyclic amines) is 1. The molecule has 3 nitrogen and oxygen atoms in total. The quantitative estimate of drug-likeness (QED) is 0.572. The summed E-state index contributed by atoms with van der Waals surface area (Å²) in [6, 6.07) is 17.9. The number of fused-ring (bicyclic) bond motifs is 1. The molecule has 148 valence electrons. The van der Waals surface area contributed by atoms with Crippen LogP contribution in [0.5, 0.6) is 0 Å². The van der Waals surface area contributed by atoms with Crippen LogP contribution in [0.15, 0.2) is 60.7 Å². The molecule has 3 aromatic rings. The number of carbonyl (C=O) groups is 2. The smallest absolute Gasteiger partial charge is 0.177 e. The first-order chi connectivity index (χ1) is 14.0. The predicted octanol–water partition coefficient (Wildman–Crippen LogP) is 5.06. The third-order valence-corrected chi connectivity index (χ3v) is 5.85. The molecule has 0 atom stereocenters. The van der Waals surface area contributed by atoms with E-state index in [9.17, 15) is 14.0 Å². The van der Waals surface area contributed by atoms with Gasteiger partial charge in [-0.3, -0.25) is 14.5 Å². The van der Waals surface area contributed by atoms with Crippen LogP contribution in [0.25, 0.3) is 10.8 Å². The second-order valence-electron chi connectivity index (χ2n) is 7.86. The number of ketones is 2. The van der Waals surface area contributed by atoms with Crippen molar-refractivity contribution in [3.63, 3.8) is 0 Å². The van der Waals surface area contributed by atoms with E-state index < -0.39 is 0 Å². The number of halogens is 1. The Labute approximate surface area is 170 Å². The van der Waals surface area contributed by atoms with Crippen LogP contribution in [0.2, 0.25) is 0 Å². The molecular weight excluding hydrogens is 365 g/mol. The molecule has 0 spiro atoms. The van der Waals surface area contributed by atoms with Crippen LogP contribution in [-0.4, -0.2) is 36.1 Å². The van der Waals surface area contributed by atoms with Crippen LogP contribution < -0.4 is 0 Å². The molecule has 1 fully saturated rings. The van der Waals surface area contributed by atoms with Gasteiger partial charge in [0.2, 0.25) is 0 Å². The number of piperidine rings is 1. The van der Waals surface area contributed by atoms with Crippen LogP contribution in [0.4, 0.5) is 4.39 Å². The normalized spacial score (nSPS) is 15.5. The zero-order valence-electron chi connectivity index (χ0n) is 16.5. The highest BCUT2D eigenvalue weighted by atomic mass is 19.1. The predicted molar refractivity (Wildman–Crippen MR) is 113 cm³/mol. The topological polar surface area (TPSA) is 37.4 Å². The number of carbonyl (C=O) groups excluding carboxylic acids is 2. The fraction of sp³-hybridized carbons (Fsp3) is 0.280. The lowest BCUT2D eigenvalue weighted by molar-refractivity contribution is 0.0805. The summed E-state index contributed by atoms with van der Waals surface area (Å²) in [7, 11) is 0. The lowest BCUT2D eigenvalue weighted by Crippen LogP contribution is -2.39. The van der Waals surface area contributed by atoms with Crippen LogP contribution in [0.1, 0.15) is 39.1 Å². The van der Waals surface area contributed by atoms with Crippen molar-refractivity contribution in [2.75, 3.05) is 19.6 Å². The molecule has 1 aliphatic rings. The van der Waals surface area contributed by atoms with Crippen molar-refractivity contribution in [3.8, 4) is 0 Å². The lowest BCUT2D eigenvalue weighted by Gasteiger charge is -2.30. The van der Waals surface area contributed by atoms with Gasteiger partial charge in [-0.2, -0.15) is 0 Å². The van der Waals surface area contributed by atoms with Crippen molar-refractivity contribution in [3.05, 3.63) is 83.2 Å². The molecule has 1 saturated heterocycles. The first-order valence-electron chi connectivity index (χ1n) is 10.1. The third-order valence-electron chi connectivity index (χ3n) is 5.85. The standard InChI is InChI=1S/C25H24FNO2/c1-17-14-20-4-2-3-5-21(20)15-23(17)24(28)16-27-12-10-19(11-13-27)25(29)18-6-8-22(26)9-7-18/h2-9,14-15,19H,10-13,16H2,1H3. The molecule has 0 saturated carbocycles. The number of hydrogen-bond acceptors (Lipinski definition) is 3. The van der Waals surface area contributed by atoms with Gasteiger partial charge in [0.25, 0.3) is 0 Å². The molecule has 0 amide bonds. The maximum absolute atomic E-state index is 13.1. The number of benzene rings is 3. The minimum Gasteiger partial charge on any atom is -0.296 e. The summed E-state index contributed by atoms with van der Waals surface area (Å²) in [5, 5.41) is 2.21. The summed E-state index contributed by atoms with van der Waals surface area (Å²) in [6.45, 7) is 3.79. The van der Waals surface area contributed by atoms with Crippen molar-refractivity contribution in [2.24, 2.45) is 5.92 Å². The Kier molecular flexibility index (Phi) is 5.54. The molecule has 0 unspecified atom stereocenters. The van der Waals surface area contributed by atoms with E-state index in [1.54, 1.807) is 12.1 Å². The number of aryl methyl sites for hydroxylation is 1. The molecule has 0 aromatic heterocycles. The summed E-state index contributed by atoms with van der Waals surface area (Å²) in [6.07, 6.45) is 1.44.